The topological polar surface area (TPSA) is 30.9 Å². The van der Waals surface area contributed by atoms with Gasteiger partial charge < -0.3 is 10.3 Å². The van der Waals surface area contributed by atoms with E-state index in [0.29, 0.717) is 6.54 Å². The van der Waals surface area contributed by atoms with Gasteiger partial charge in [0.15, 0.2) is 3.95 Å². The largest absolute Gasteiger partial charge is 0.330 e. The van der Waals surface area contributed by atoms with Gasteiger partial charge in [-0.05, 0) is 54.9 Å². The number of hydrogen-bond donors (Lipinski definition) is 1. The maximum absolute atomic E-state index is 13.2. The van der Waals surface area contributed by atoms with Crippen molar-refractivity contribution in [3.63, 3.8) is 0 Å². The predicted molar refractivity (Wildman–Crippen MR) is 90.8 cm³/mol. The third-order valence-electron chi connectivity index (χ3n) is 4.36. The van der Waals surface area contributed by atoms with Gasteiger partial charge in [0, 0.05) is 23.9 Å². The summed E-state index contributed by atoms with van der Waals surface area (Å²) in [4.78, 5) is 1.22. The van der Waals surface area contributed by atoms with E-state index in [0.717, 1.165) is 28.1 Å². The van der Waals surface area contributed by atoms with Crippen molar-refractivity contribution >= 4 is 23.6 Å². The highest BCUT2D eigenvalue weighted by molar-refractivity contribution is 7.73. The molecular formula is C16H21FN2S2. The Morgan fingerprint density at radius 2 is 1.81 bits per heavy atom. The molecule has 0 radical (unpaired) electrons. The van der Waals surface area contributed by atoms with Gasteiger partial charge in [0.2, 0.25) is 0 Å². The van der Waals surface area contributed by atoms with Crippen molar-refractivity contribution < 1.29 is 4.39 Å². The third-order valence-corrected chi connectivity index (χ3v) is 6.16. The van der Waals surface area contributed by atoms with E-state index < -0.39 is 0 Å². The van der Waals surface area contributed by atoms with Crippen molar-refractivity contribution in [2.45, 2.75) is 32.1 Å². The fourth-order valence-electron chi connectivity index (χ4n) is 2.69. The summed E-state index contributed by atoms with van der Waals surface area (Å²) in [7, 11) is 1.97. The molecule has 1 aromatic heterocycles. The fourth-order valence-corrected chi connectivity index (χ4v) is 4.38. The molecule has 21 heavy (non-hydrogen) atoms. The quantitative estimate of drug-likeness (QED) is 0.812. The smallest absolute Gasteiger partial charge is 0.161 e. The standard InChI is InChI=1S/C16H21FN2S2/c1-4-16(5-2,10-18)14-13(19(3)15(20)21-14)11-6-8-12(17)9-7-11/h6-9H,4-5,10,18H2,1-3H3. The maximum atomic E-state index is 13.2. The van der Waals surface area contributed by atoms with Crippen LogP contribution in [-0.4, -0.2) is 11.1 Å². The van der Waals surface area contributed by atoms with Gasteiger partial charge in [-0.2, -0.15) is 0 Å². The second-order valence-electron chi connectivity index (χ2n) is 5.30. The lowest BCUT2D eigenvalue weighted by Crippen LogP contribution is -2.33. The van der Waals surface area contributed by atoms with Gasteiger partial charge in [0.05, 0.1) is 5.69 Å². The lowest BCUT2D eigenvalue weighted by atomic mass is 9.79. The number of benzene rings is 1. The van der Waals surface area contributed by atoms with Gasteiger partial charge in [-0.15, -0.1) is 11.3 Å². The Kier molecular flexibility index (Phi) is 4.96. The molecule has 0 saturated carbocycles. The first kappa shape index (κ1) is 16.3. The zero-order chi connectivity index (χ0) is 15.6. The zero-order valence-electron chi connectivity index (χ0n) is 12.6. The van der Waals surface area contributed by atoms with Crippen LogP contribution in [0, 0.1) is 9.77 Å². The van der Waals surface area contributed by atoms with Crippen LogP contribution in [0.3, 0.4) is 0 Å². The average Bonchev–Trinajstić information content (AvgIpc) is 2.79. The highest BCUT2D eigenvalue weighted by Gasteiger charge is 2.32. The van der Waals surface area contributed by atoms with E-state index in [2.05, 4.69) is 13.8 Å². The number of nitrogens with two attached hydrogens (primary N) is 1. The Hall–Kier alpha value is -1.04. The van der Waals surface area contributed by atoms with Crippen molar-refractivity contribution in [2.24, 2.45) is 12.8 Å². The van der Waals surface area contributed by atoms with Gasteiger partial charge >= 0.3 is 0 Å². The summed E-state index contributed by atoms with van der Waals surface area (Å²) in [5.74, 6) is -0.229. The van der Waals surface area contributed by atoms with E-state index in [1.165, 1.54) is 17.0 Å². The molecule has 1 heterocycles. The number of rotatable bonds is 5. The Morgan fingerprint density at radius 1 is 1.24 bits per heavy atom. The van der Waals surface area contributed by atoms with E-state index in [1.807, 2.05) is 23.7 Å². The van der Waals surface area contributed by atoms with Crippen LogP contribution in [0.25, 0.3) is 11.3 Å². The molecule has 0 atom stereocenters. The van der Waals surface area contributed by atoms with Crippen LogP contribution in [0.1, 0.15) is 31.6 Å². The first-order chi connectivity index (χ1) is 9.99. The fraction of sp³-hybridized carbons (Fsp3) is 0.438. The Morgan fingerprint density at radius 3 is 2.29 bits per heavy atom. The Bertz CT molecular complexity index is 658. The summed E-state index contributed by atoms with van der Waals surface area (Å²) in [5.41, 5.74) is 8.08. The van der Waals surface area contributed by atoms with Crippen LogP contribution < -0.4 is 5.73 Å². The van der Waals surface area contributed by atoms with Crippen LogP contribution in [-0.2, 0) is 12.5 Å². The van der Waals surface area contributed by atoms with E-state index in [9.17, 15) is 4.39 Å². The molecule has 114 valence electrons. The summed E-state index contributed by atoms with van der Waals surface area (Å²) in [6.45, 7) is 4.91. The lowest BCUT2D eigenvalue weighted by Gasteiger charge is -2.30. The lowest BCUT2D eigenvalue weighted by molar-refractivity contribution is 0.414. The van der Waals surface area contributed by atoms with Crippen LogP contribution in [0.5, 0.6) is 0 Å². The Labute approximate surface area is 134 Å². The molecular weight excluding hydrogens is 303 g/mol. The molecule has 2 nitrogen and oxygen atoms in total. The molecule has 0 unspecified atom stereocenters. The van der Waals surface area contributed by atoms with Crippen molar-refractivity contribution in [1.82, 2.24) is 4.57 Å². The summed E-state index contributed by atoms with van der Waals surface area (Å²) in [5, 5.41) is 0. The van der Waals surface area contributed by atoms with E-state index in [4.69, 9.17) is 18.0 Å². The number of nitrogens with zero attached hydrogens (tertiary/aromatic N) is 1. The molecule has 0 saturated heterocycles. The molecule has 1 aromatic carbocycles. The SMILES string of the molecule is CCC(CC)(CN)c1sc(=S)n(C)c1-c1ccc(F)cc1. The number of halogens is 1. The molecule has 0 aliphatic carbocycles. The van der Waals surface area contributed by atoms with Crippen molar-refractivity contribution in [1.29, 1.82) is 0 Å². The van der Waals surface area contributed by atoms with Crippen LogP contribution in [0.15, 0.2) is 24.3 Å². The first-order valence-corrected chi connectivity index (χ1v) is 8.38. The number of thiazole rings is 1. The summed E-state index contributed by atoms with van der Waals surface area (Å²) < 4.78 is 16.0. The minimum Gasteiger partial charge on any atom is -0.330 e. The highest BCUT2D eigenvalue weighted by Crippen LogP contribution is 2.41. The molecule has 0 spiro atoms. The summed E-state index contributed by atoms with van der Waals surface area (Å²) in [6, 6.07) is 6.59. The molecule has 5 heteroatoms. The zero-order valence-corrected chi connectivity index (χ0v) is 14.3. The molecule has 2 aromatic rings. The average molecular weight is 324 g/mol. The molecule has 2 N–H and O–H groups in total. The molecule has 0 aliphatic rings. The molecule has 0 amide bonds. The first-order valence-electron chi connectivity index (χ1n) is 7.15. The molecule has 2 rings (SSSR count). The van der Waals surface area contributed by atoms with Gasteiger partial charge in [-0.25, -0.2) is 4.39 Å². The van der Waals surface area contributed by atoms with Gasteiger partial charge in [-0.1, -0.05) is 13.8 Å². The van der Waals surface area contributed by atoms with Crippen molar-refractivity contribution in [2.75, 3.05) is 6.54 Å². The second-order valence-corrected chi connectivity index (χ2v) is 6.95. The second kappa shape index (κ2) is 6.38. The molecule has 0 aliphatic heterocycles. The maximum Gasteiger partial charge on any atom is 0.161 e. The minimum absolute atomic E-state index is 0.0663. The van der Waals surface area contributed by atoms with E-state index in [-0.39, 0.29) is 11.2 Å². The van der Waals surface area contributed by atoms with Crippen LogP contribution in [0.2, 0.25) is 0 Å². The number of hydrogen-bond acceptors (Lipinski definition) is 3. The van der Waals surface area contributed by atoms with Gasteiger partial charge in [0.1, 0.15) is 5.82 Å². The summed E-state index contributed by atoms with van der Waals surface area (Å²) in [6.07, 6.45) is 1.92. The minimum atomic E-state index is -0.229. The van der Waals surface area contributed by atoms with Gasteiger partial charge in [0.25, 0.3) is 0 Å². The third kappa shape index (κ3) is 2.82. The predicted octanol–water partition coefficient (Wildman–Crippen LogP) is 4.64. The number of aromatic nitrogens is 1. The normalized spacial score (nSPS) is 11.9. The van der Waals surface area contributed by atoms with Crippen molar-refractivity contribution in [3.05, 3.63) is 38.9 Å². The van der Waals surface area contributed by atoms with Crippen molar-refractivity contribution in [3.8, 4) is 11.3 Å². The van der Waals surface area contributed by atoms with Crippen LogP contribution >= 0.6 is 23.6 Å². The Balaban J connectivity index is 2.71. The van der Waals surface area contributed by atoms with E-state index >= 15 is 0 Å². The summed E-state index contributed by atoms with van der Waals surface area (Å²) >= 11 is 7.09. The van der Waals surface area contributed by atoms with E-state index in [1.54, 1.807) is 11.3 Å². The molecule has 0 fully saturated rings. The van der Waals surface area contributed by atoms with Gasteiger partial charge in [-0.3, -0.25) is 0 Å². The van der Waals surface area contributed by atoms with Crippen LogP contribution in [0.4, 0.5) is 4.39 Å². The molecule has 0 bridgehead atoms. The highest BCUT2D eigenvalue weighted by atomic mass is 32.1. The monoisotopic (exact) mass is 324 g/mol.